The molecule has 2 rings (SSSR count). The number of piperidine rings is 1. The van der Waals surface area contributed by atoms with Crippen LogP contribution in [0.3, 0.4) is 0 Å². The zero-order chi connectivity index (χ0) is 31.6. The van der Waals surface area contributed by atoms with Crippen molar-refractivity contribution in [1.29, 1.82) is 0 Å². The smallest absolute Gasteiger partial charge is 0.424 e. The van der Waals surface area contributed by atoms with Crippen LogP contribution in [-0.2, 0) is 28.5 Å². The van der Waals surface area contributed by atoms with Gasteiger partial charge >= 0.3 is 18.3 Å². The molecule has 2 heterocycles. The largest absolute Gasteiger partial charge is 0.444 e. The molecule has 0 spiro atoms. The molecule has 1 aliphatic rings. The summed E-state index contributed by atoms with van der Waals surface area (Å²) >= 11 is 0. The fraction of sp³-hybridized carbons (Fsp3) is 0.704. The number of carbonyl (C=O) groups excluding carboxylic acids is 3. The summed E-state index contributed by atoms with van der Waals surface area (Å²) < 4.78 is 46.0. The molecule has 3 amide bonds. The van der Waals surface area contributed by atoms with Crippen molar-refractivity contribution in [2.75, 3.05) is 29.1 Å². The van der Waals surface area contributed by atoms with Crippen LogP contribution >= 0.6 is 0 Å². The molecule has 14 heteroatoms. The molecule has 0 aromatic carbocycles. The summed E-state index contributed by atoms with van der Waals surface area (Å²) in [5.41, 5.74) is -2.15. The number of ether oxygens (including phenoxy) is 3. The number of aromatic nitrogens is 1. The van der Waals surface area contributed by atoms with Crippen LogP contribution in [0.25, 0.3) is 0 Å². The van der Waals surface area contributed by atoms with E-state index in [1.807, 2.05) is 0 Å². The van der Waals surface area contributed by atoms with Gasteiger partial charge in [-0.2, -0.15) is 13.3 Å². The minimum atomic E-state index is -3.87. The third kappa shape index (κ3) is 11.0. The van der Waals surface area contributed by atoms with E-state index in [4.69, 9.17) is 18.4 Å². The average molecular weight is 601 g/mol. The first-order valence-corrected chi connectivity index (χ1v) is 15.1. The molecule has 0 bridgehead atoms. The lowest BCUT2D eigenvalue weighted by Gasteiger charge is -2.43. The molecule has 3 atom stereocenters. The highest BCUT2D eigenvalue weighted by atomic mass is 32.2. The second-order valence-electron chi connectivity index (χ2n) is 13.1. The Kier molecular flexibility index (Phi) is 10.3. The lowest BCUT2D eigenvalue weighted by molar-refractivity contribution is 0.0378. The SMILES string of the molecule is C[C@H]1CN(c2ccncc2N(C(=O)OC(C)(C)C)C(=O)OC(C)(C)C)CC(NC(=O)OC(C)(C)C)[C@@H]1OS(C)(=O)=O. The molecule has 13 nitrogen and oxygen atoms in total. The van der Waals surface area contributed by atoms with Gasteiger partial charge in [0.1, 0.15) is 28.6 Å². The highest BCUT2D eigenvalue weighted by Crippen LogP contribution is 2.35. The Balaban J connectivity index is 2.56. The molecule has 232 valence electrons. The molecule has 1 fully saturated rings. The summed E-state index contributed by atoms with van der Waals surface area (Å²) in [6.45, 7) is 17.2. The van der Waals surface area contributed by atoms with Crippen molar-refractivity contribution >= 4 is 39.8 Å². The summed E-state index contributed by atoms with van der Waals surface area (Å²) in [7, 11) is -3.87. The Morgan fingerprint density at radius 2 is 1.44 bits per heavy atom. The van der Waals surface area contributed by atoms with E-state index in [9.17, 15) is 22.8 Å². The summed E-state index contributed by atoms with van der Waals surface area (Å²) in [6.07, 6.45) is 0.173. The Morgan fingerprint density at radius 1 is 0.927 bits per heavy atom. The van der Waals surface area contributed by atoms with Crippen molar-refractivity contribution in [1.82, 2.24) is 10.3 Å². The standard InChI is InChI=1S/C27H44N4O9S/c1-17-15-30(16-18(21(17)40-41(11,35)36)29-22(32)37-25(2,3)4)19-12-13-28-14-20(19)31(23(33)38-26(5,6)7)24(34)39-27(8,9)10/h12-14,17-18,21H,15-16H2,1-11H3,(H,29,32)/t17-,18?,21+/m0/s1. The Bertz CT molecular complexity index is 1190. The second-order valence-corrected chi connectivity index (χ2v) is 14.7. The lowest BCUT2D eigenvalue weighted by Crippen LogP contribution is -2.60. The first-order valence-electron chi connectivity index (χ1n) is 13.3. The van der Waals surface area contributed by atoms with Crippen molar-refractivity contribution in [3.8, 4) is 0 Å². The summed E-state index contributed by atoms with van der Waals surface area (Å²) in [5.74, 6) is -0.434. The van der Waals surface area contributed by atoms with Gasteiger partial charge in [-0.15, -0.1) is 0 Å². The molecule has 1 N–H and O–H groups in total. The molecule has 1 aromatic heterocycles. The predicted molar refractivity (Wildman–Crippen MR) is 153 cm³/mol. The minimum absolute atomic E-state index is 0.0528. The molecule has 1 saturated heterocycles. The molecular weight excluding hydrogens is 556 g/mol. The van der Waals surface area contributed by atoms with Crippen molar-refractivity contribution in [2.24, 2.45) is 5.92 Å². The molecule has 0 saturated carbocycles. The van der Waals surface area contributed by atoms with Crippen LogP contribution in [0, 0.1) is 5.92 Å². The van der Waals surface area contributed by atoms with Crippen molar-refractivity contribution in [3.63, 3.8) is 0 Å². The van der Waals surface area contributed by atoms with E-state index in [1.165, 1.54) is 12.4 Å². The number of imide groups is 1. The van der Waals surface area contributed by atoms with Crippen LogP contribution in [0.1, 0.15) is 69.2 Å². The number of nitrogens with zero attached hydrogens (tertiary/aromatic N) is 3. The minimum Gasteiger partial charge on any atom is -0.444 e. The monoisotopic (exact) mass is 600 g/mol. The lowest BCUT2D eigenvalue weighted by atomic mass is 9.92. The van der Waals surface area contributed by atoms with E-state index in [0.717, 1.165) is 11.2 Å². The number of carbonyl (C=O) groups is 3. The van der Waals surface area contributed by atoms with Crippen molar-refractivity contribution < 1.29 is 41.2 Å². The summed E-state index contributed by atoms with van der Waals surface area (Å²) in [6, 6.07) is 0.757. The van der Waals surface area contributed by atoms with Gasteiger partial charge in [-0.05, 0) is 68.4 Å². The van der Waals surface area contributed by atoms with E-state index in [1.54, 1.807) is 80.2 Å². The number of alkyl carbamates (subject to hydrolysis) is 1. The molecule has 0 radical (unpaired) electrons. The zero-order valence-electron chi connectivity index (χ0n) is 25.8. The summed E-state index contributed by atoms with van der Waals surface area (Å²) in [4.78, 5) is 46.1. The van der Waals surface area contributed by atoms with Gasteiger partial charge in [-0.25, -0.2) is 14.4 Å². The number of anilines is 2. The Hall–Kier alpha value is -3.13. The van der Waals surface area contributed by atoms with E-state index in [-0.39, 0.29) is 18.8 Å². The molecule has 1 unspecified atom stereocenters. The first kappa shape index (κ1) is 34.1. The normalized spacial score (nSPS) is 20.2. The van der Waals surface area contributed by atoms with Crippen molar-refractivity contribution in [2.45, 2.75) is 98.2 Å². The highest BCUT2D eigenvalue weighted by molar-refractivity contribution is 7.86. The van der Waals surface area contributed by atoms with Gasteiger partial charge in [-0.3, -0.25) is 9.17 Å². The van der Waals surface area contributed by atoms with Gasteiger partial charge in [0.2, 0.25) is 0 Å². The highest BCUT2D eigenvalue weighted by Gasteiger charge is 2.41. The predicted octanol–water partition coefficient (Wildman–Crippen LogP) is 4.45. The summed E-state index contributed by atoms with van der Waals surface area (Å²) in [5, 5.41) is 2.73. The maximum atomic E-state index is 13.3. The number of hydrogen-bond acceptors (Lipinski definition) is 11. The zero-order valence-corrected chi connectivity index (χ0v) is 26.6. The maximum Gasteiger partial charge on any atom is 0.424 e. The van der Waals surface area contributed by atoms with Crippen LogP contribution in [0.15, 0.2) is 18.5 Å². The Labute approximate surface area is 243 Å². The molecule has 1 aromatic rings. The van der Waals surface area contributed by atoms with Gasteiger partial charge in [-0.1, -0.05) is 6.92 Å². The van der Waals surface area contributed by atoms with Crippen LogP contribution < -0.4 is 15.1 Å². The van der Waals surface area contributed by atoms with E-state index >= 15 is 0 Å². The van der Waals surface area contributed by atoms with E-state index in [2.05, 4.69) is 10.3 Å². The fourth-order valence-corrected chi connectivity index (χ4v) is 4.84. The average Bonchev–Trinajstić information content (AvgIpc) is 2.71. The molecule has 41 heavy (non-hydrogen) atoms. The number of pyridine rings is 1. The first-order chi connectivity index (χ1) is 18.5. The second kappa shape index (κ2) is 12.4. The maximum absolute atomic E-state index is 13.3. The third-order valence-electron chi connectivity index (χ3n) is 5.38. The number of hydrogen-bond donors (Lipinski definition) is 1. The fourth-order valence-electron chi connectivity index (χ4n) is 4.12. The van der Waals surface area contributed by atoms with Gasteiger partial charge in [0, 0.05) is 25.2 Å². The number of rotatable bonds is 5. The third-order valence-corrected chi connectivity index (χ3v) is 5.95. The topological polar surface area (TPSA) is 154 Å². The molecule has 1 aliphatic heterocycles. The van der Waals surface area contributed by atoms with E-state index in [0.29, 0.717) is 5.69 Å². The van der Waals surface area contributed by atoms with Crippen LogP contribution in [0.2, 0.25) is 0 Å². The van der Waals surface area contributed by atoms with Crippen LogP contribution in [0.4, 0.5) is 25.8 Å². The van der Waals surface area contributed by atoms with E-state index < -0.39 is 63.3 Å². The molecule has 0 aliphatic carbocycles. The Morgan fingerprint density at radius 3 is 1.90 bits per heavy atom. The quantitative estimate of drug-likeness (QED) is 0.376. The van der Waals surface area contributed by atoms with Gasteiger partial charge in [0.25, 0.3) is 10.1 Å². The van der Waals surface area contributed by atoms with Gasteiger partial charge in [0.15, 0.2) is 0 Å². The van der Waals surface area contributed by atoms with Crippen LogP contribution in [-0.4, -0.2) is 80.0 Å². The number of nitrogens with one attached hydrogen (secondary N) is 1. The van der Waals surface area contributed by atoms with Crippen LogP contribution in [0.5, 0.6) is 0 Å². The number of amides is 3. The van der Waals surface area contributed by atoms with Gasteiger partial charge < -0.3 is 24.4 Å². The van der Waals surface area contributed by atoms with Crippen molar-refractivity contribution in [3.05, 3.63) is 18.5 Å². The van der Waals surface area contributed by atoms with Gasteiger partial charge in [0.05, 0.1) is 24.2 Å². The molecular formula is C27H44N4O9S.